The Morgan fingerprint density at radius 2 is 2.05 bits per heavy atom. The third-order valence-electron chi connectivity index (χ3n) is 3.91. The lowest BCUT2D eigenvalue weighted by Crippen LogP contribution is -2.31. The molecule has 1 aliphatic carbocycles. The summed E-state index contributed by atoms with van der Waals surface area (Å²) in [7, 11) is 1.66. The number of para-hydroxylation sites is 1. The highest BCUT2D eigenvalue weighted by molar-refractivity contribution is 6.01. The van der Waals surface area contributed by atoms with Crippen molar-refractivity contribution in [3.8, 4) is 11.8 Å². The number of nitriles is 1. The predicted molar refractivity (Wildman–Crippen MR) is 85.4 cm³/mol. The van der Waals surface area contributed by atoms with Gasteiger partial charge in [-0.15, -0.1) is 0 Å². The first-order valence-electron chi connectivity index (χ1n) is 7.49. The van der Waals surface area contributed by atoms with Gasteiger partial charge in [0, 0.05) is 18.7 Å². The summed E-state index contributed by atoms with van der Waals surface area (Å²) in [5.41, 5.74) is 2.08. The highest BCUT2D eigenvalue weighted by Crippen LogP contribution is 2.35. The number of hydrogen-bond acceptors (Lipinski definition) is 4. The molecule has 1 N–H and O–H groups in total. The van der Waals surface area contributed by atoms with E-state index in [1.165, 1.54) is 0 Å². The molecule has 0 aliphatic heterocycles. The topological polar surface area (TPSA) is 62.1 Å². The van der Waals surface area contributed by atoms with Crippen LogP contribution in [0.25, 0.3) is 0 Å². The van der Waals surface area contributed by atoms with E-state index in [9.17, 15) is 10.1 Å². The molecule has 0 amide bonds. The van der Waals surface area contributed by atoms with Crippen molar-refractivity contribution in [1.29, 1.82) is 5.26 Å². The Bertz CT molecular complexity index is 639. The van der Waals surface area contributed by atoms with Gasteiger partial charge in [-0.3, -0.25) is 4.79 Å². The molecular formula is C18H22N2O2. The lowest BCUT2D eigenvalue weighted by Gasteiger charge is -2.30. The van der Waals surface area contributed by atoms with Gasteiger partial charge in [-0.05, 0) is 29.9 Å². The lowest BCUT2D eigenvalue weighted by atomic mass is 9.76. The van der Waals surface area contributed by atoms with Crippen molar-refractivity contribution in [2.24, 2.45) is 5.41 Å². The minimum absolute atomic E-state index is 0.0569. The molecule has 0 heterocycles. The monoisotopic (exact) mass is 298 g/mol. The van der Waals surface area contributed by atoms with Crippen LogP contribution in [0, 0.1) is 16.7 Å². The average molecular weight is 298 g/mol. The van der Waals surface area contributed by atoms with Gasteiger partial charge in [0.2, 0.25) is 0 Å². The maximum absolute atomic E-state index is 12.0. The molecule has 0 spiro atoms. The Balaban J connectivity index is 2.06. The Morgan fingerprint density at radius 3 is 2.73 bits per heavy atom. The van der Waals surface area contributed by atoms with Gasteiger partial charge in [0.25, 0.3) is 0 Å². The number of nitrogens with one attached hydrogen (secondary N) is 1. The van der Waals surface area contributed by atoms with E-state index in [1.807, 2.05) is 24.3 Å². The number of allylic oxidation sites excluding steroid dienone is 2. The van der Waals surface area contributed by atoms with Crippen LogP contribution in [0.4, 0.5) is 0 Å². The standard InChI is InChI=1S/C18H22N2O2/c1-18(2)10-15(14(12-19)16(21)11-18)20-9-8-13-6-4-5-7-17(13)22-3/h4-7,20H,8-11H2,1-3H3. The summed E-state index contributed by atoms with van der Waals surface area (Å²) in [4.78, 5) is 12.0. The summed E-state index contributed by atoms with van der Waals surface area (Å²) in [5.74, 6) is 0.803. The number of nitrogens with zero attached hydrogens (tertiary/aromatic N) is 1. The normalized spacial score (nSPS) is 17.1. The third-order valence-corrected chi connectivity index (χ3v) is 3.91. The molecule has 1 aliphatic rings. The van der Waals surface area contributed by atoms with Gasteiger partial charge in [0.15, 0.2) is 5.78 Å². The van der Waals surface area contributed by atoms with E-state index in [-0.39, 0.29) is 11.2 Å². The zero-order valence-corrected chi connectivity index (χ0v) is 13.4. The van der Waals surface area contributed by atoms with Crippen molar-refractivity contribution in [1.82, 2.24) is 5.32 Å². The van der Waals surface area contributed by atoms with Gasteiger partial charge in [-0.25, -0.2) is 0 Å². The lowest BCUT2D eigenvalue weighted by molar-refractivity contribution is -0.117. The molecule has 0 unspecified atom stereocenters. The Morgan fingerprint density at radius 1 is 1.32 bits per heavy atom. The van der Waals surface area contributed by atoms with E-state index in [0.717, 1.165) is 29.9 Å². The van der Waals surface area contributed by atoms with Crippen LogP contribution in [0.2, 0.25) is 0 Å². The van der Waals surface area contributed by atoms with Crippen LogP contribution < -0.4 is 10.1 Å². The van der Waals surface area contributed by atoms with Crippen molar-refractivity contribution in [3.05, 3.63) is 41.1 Å². The molecule has 0 radical (unpaired) electrons. The minimum Gasteiger partial charge on any atom is -0.496 e. The number of benzene rings is 1. The summed E-state index contributed by atoms with van der Waals surface area (Å²) in [6.07, 6.45) is 1.95. The van der Waals surface area contributed by atoms with Crippen LogP contribution >= 0.6 is 0 Å². The number of Topliss-reactive ketones (excluding diaryl/α,β-unsaturated/α-hetero) is 1. The van der Waals surface area contributed by atoms with Gasteiger partial charge < -0.3 is 10.1 Å². The number of carbonyl (C=O) groups is 1. The first kappa shape index (κ1) is 16.1. The van der Waals surface area contributed by atoms with Gasteiger partial charge in [-0.1, -0.05) is 32.0 Å². The predicted octanol–water partition coefficient (Wildman–Crippen LogP) is 2.99. The van der Waals surface area contributed by atoms with E-state index in [4.69, 9.17) is 4.74 Å². The van der Waals surface area contributed by atoms with Crippen molar-refractivity contribution in [3.63, 3.8) is 0 Å². The average Bonchev–Trinajstić information content (AvgIpc) is 2.46. The second-order valence-electron chi connectivity index (χ2n) is 6.39. The zero-order chi connectivity index (χ0) is 16.2. The van der Waals surface area contributed by atoms with Gasteiger partial charge in [0.05, 0.1) is 7.11 Å². The first-order chi connectivity index (χ1) is 10.5. The number of ether oxygens (including phenoxy) is 1. The summed E-state index contributed by atoms with van der Waals surface area (Å²) >= 11 is 0. The number of methoxy groups -OCH3 is 1. The maximum atomic E-state index is 12.0. The maximum Gasteiger partial charge on any atom is 0.175 e. The highest BCUT2D eigenvalue weighted by atomic mass is 16.5. The molecule has 4 nitrogen and oxygen atoms in total. The van der Waals surface area contributed by atoms with Crippen molar-refractivity contribution in [2.45, 2.75) is 33.1 Å². The number of carbonyl (C=O) groups excluding carboxylic acids is 1. The molecule has 0 fully saturated rings. The fourth-order valence-corrected chi connectivity index (χ4v) is 2.86. The Hall–Kier alpha value is -2.28. The second kappa shape index (κ2) is 6.65. The van der Waals surface area contributed by atoms with Crippen LogP contribution in [0.5, 0.6) is 5.75 Å². The Labute approximate surface area is 131 Å². The van der Waals surface area contributed by atoms with Crippen LogP contribution in [0.3, 0.4) is 0 Å². The fourth-order valence-electron chi connectivity index (χ4n) is 2.86. The van der Waals surface area contributed by atoms with Crippen LogP contribution in [0.15, 0.2) is 35.5 Å². The molecule has 0 saturated heterocycles. The zero-order valence-electron chi connectivity index (χ0n) is 13.4. The summed E-state index contributed by atoms with van der Waals surface area (Å²) < 4.78 is 5.33. The Kier molecular flexibility index (Phi) is 4.87. The van der Waals surface area contributed by atoms with Crippen LogP contribution in [-0.2, 0) is 11.2 Å². The van der Waals surface area contributed by atoms with Crippen molar-refractivity contribution >= 4 is 5.78 Å². The van der Waals surface area contributed by atoms with Crippen molar-refractivity contribution in [2.75, 3.05) is 13.7 Å². The second-order valence-corrected chi connectivity index (χ2v) is 6.39. The third kappa shape index (κ3) is 3.67. The molecule has 4 heteroatoms. The summed E-state index contributed by atoms with van der Waals surface area (Å²) in [6.45, 7) is 4.78. The van der Waals surface area contributed by atoms with Crippen molar-refractivity contribution < 1.29 is 9.53 Å². The SMILES string of the molecule is COc1ccccc1CCNC1=C(C#N)C(=O)CC(C)(C)C1. The number of hydrogen-bond donors (Lipinski definition) is 1. The minimum atomic E-state index is -0.0931. The molecule has 0 saturated carbocycles. The van der Waals surface area contributed by atoms with Gasteiger partial charge >= 0.3 is 0 Å². The van der Waals surface area contributed by atoms with Gasteiger partial charge in [0.1, 0.15) is 17.4 Å². The summed E-state index contributed by atoms with van der Waals surface area (Å²) in [6, 6.07) is 9.93. The largest absolute Gasteiger partial charge is 0.496 e. The highest BCUT2D eigenvalue weighted by Gasteiger charge is 2.32. The smallest absolute Gasteiger partial charge is 0.175 e. The summed E-state index contributed by atoms with van der Waals surface area (Å²) in [5, 5.41) is 12.5. The molecule has 22 heavy (non-hydrogen) atoms. The first-order valence-corrected chi connectivity index (χ1v) is 7.49. The number of rotatable bonds is 5. The molecule has 0 bridgehead atoms. The molecule has 1 aromatic rings. The molecule has 0 atom stereocenters. The van der Waals surface area contributed by atoms with Crippen LogP contribution in [-0.4, -0.2) is 19.4 Å². The van der Waals surface area contributed by atoms with E-state index in [1.54, 1.807) is 7.11 Å². The fraction of sp³-hybridized carbons (Fsp3) is 0.444. The van der Waals surface area contributed by atoms with Gasteiger partial charge in [-0.2, -0.15) is 5.26 Å². The van der Waals surface area contributed by atoms with E-state index in [2.05, 4.69) is 25.2 Å². The van der Waals surface area contributed by atoms with E-state index < -0.39 is 0 Å². The quantitative estimate of drug-likeness (QED) is 0.907. The van der Waals surface area contributed by atoms with Crippen LogP contribution in [0.1, 0.15) is 32.3 Å². The van der Waals surface area contributed by atoms with E-state index >= 15 is 0 Å². The molecule has 0 aromatic heterocycles. The number of ketones is 1. The molecule has 2 rings (SSSR count). The molecule has 116 valence electrons. The van der Waals surface area contributed by atoms with E-state index in [0.29, 0.717) is 18.5 Å². The molecular weight excluding hydrogens is 276 g/mol. The molecule has 1 aromatic carbocycles.